The number of hydrogen-bond donors (Lipinski definition) is 3. The molecule has 1 aliphatic rings. The Morgan fingerprint density at radius 2 is 1.68 bits per heavy atom. The van der Waals surface area contributed by atoms with Crippen LogP contribution in [0.2, 0.25) is 0 Å². The maximum absolute atomic E-state index is 13.7. The molecule has 0 aliphatic carbocycles. The van der Waals surface area contributed by atoms with Gasteiger partial charge in [-0.15, -0.1) is 0 Å². The number of rotatable bonds is 7. The van der Waals surface area contributed by atoms with Crippen molar-refractivity contribution >= 4 is 39.1 Å². The van der Waals surface area contributed by atoms with Crippen LogP contribution in [0.4, 0.5) is 26.1 Å². The van der Waals surface area contributed by atoms with Crippen LogP contribution in [0.5, 0.6) is 0 Å². The molecular weight excluding hydrogens is 488 g/mol. The van der Waals surface area contributed by atoms with Crippen LogP contribution in [0, 0.1) is 11.6 Å². The maximum atomic E-state index is 13.7. The van der Waals surface area contributed by atoms with Crippen LogP contribution < -0.4 is 10.2 Å². The van der Waals surface area contributed by atoms with E-state index in [1.165, 1.54) is 12.1 Å². The smallest absolute Gasteiger partial charge is 0.161 e. The molecule has 196 valence electrons. The van der Waals surface area contributed by atoms with Gasteiger partial charge in [0, 0.05) is 48.7 Å². The molecule has 0 unspecified atom stereocenters. The van der Waals surface area contributed by atoms with E-state index in [-0.39, 0.29) is 6.61 Å². The number of piperazine rings is 1. The van der Waals surface area contributed by atoms with Gasteiger partial charge in [0.25, 0.3) is 0 Å². The van der Waals surface area contributed by atoms with Gasteiger partial charge in [0.2, 0.25) is 0 Å². The van der Waals surface area contributed by atoms with Gasteiger partial charge in [0.15, 0.2) is 11.6 Å². The molecule has 3 N–H and O–H groups in total. The van der Waals surface area contributed by atoms with Crippen LogP contribution in [0.15, 0.2) is 54.6 Å². The van der Waals surface area contributed by atoms with Gasteiger partial charge in [-0.25, -0.2) is 8.78 Å². The van der Waals surface area contributed by atoms with Crippen molar-refractivity contribution in [3.8, 4) is 0 Å². The summed E-state index contributed by atoms with van der Waals surface area (Å²) in [4.78, 5) is 4.69. The molecule has 1 fully saturated rings. The Kier molecular flexibility index (Phi) is 6.42. The van der Waals surface area contributed by atoms with E-state index in [1.807, 2.05) is 22.9 Å². The summed E-state index contributed by atoms with van der Waals surface area (Å²) in [6.45, 7) is 4.31. The fourth-order valence-electron chi connectivity index (χ4n) is 5.11. The molecule has 6 rings (SSSR count). The molecule has 0 amide bonds. The monoisotopic (exact) mass is 517 g/mol. The van der Waals surface area contributed by atoms with Gasteiger partial charge in [-0.2, -0.15) is 10.2 Å². The highest BCUT2D eigenvalue weighted by Gasteiger charge is 2.18. The van der Waals surface area contributed by atoms with Crippen molar-refractivity contribution in [2.24, 2.45) is 0 Å². The van der Waals surface area contributed by atoms with Gasteiger partial charge in [-0.1, -0.05) is 6.07 Å². The highest BCUT2D eigenvalue weighted by Crippen LogP contribution is 2.32. The molecule has 0 saturated carbocycles. The van der Waals surface area contributed by atoms with Gasteiger partial charge >= 0.3 is 0 Å². The van der Waals surface area contributed by atoms with E-state index in [0.29, 0.717) is 30.2 Å². The molecule has 0 bridgehead atoms. The van der Waals surface area contributed by atoms with E-state index in [1.54, 1.807) is 0 Å². The van der Waals surface area contributed by atoms with Crippen LogP contribution in [-0.4, -0.2) is 69.8 Å². The van der Waals surface area contributed by atoms with Crippen molar-refractivity contribution in [3.63, 3.8) is 0 Å². The lowest BCUT2D eigenvalue weighted by molar-refractivity contribution is 0.272. The van der Waals surface area contributed by atoms with Crippen molar-refractivity contribution in [2.75, 3.05) is 50.1 Å². The number of nitrogens with zero attached hydrogens (tertiary/aromatic N) is 5. The lowest BCUT2D eigenvalue weighted by Crippen LogP contribution is -2.44. The van der Waals surface area contributed by atoms with Crippen LogP contribution in [0.3, 0.4) is 0 Å². The summed E-state index contributed by atoms with van der Waals surface area (Å²) in [5.74, 6) is 0.0658. The molecule has 3 aromatic carbocycles. The molecule has 3 heterocycles. The fourth-order valence-corrected chi connectivity index (χ4v) is 5.11. The number of hydrogen-bond acceptors (Lipinski definition) is 6. The minimum Gasteiger partial charge on any atom is -0.394 e. The molecule has 38 heavy (non-hydrogen) atoms. The number of aliphatic hydroxyl groups excluding tert-OH is 1. The second kappa shape index (κ2) is 10.0. The molecule has 1 saturated heterocycles. The van der Waals surface area contributed by atoms with Crippen molar-refractivity contribution in [1.82, 2.24) is 24.9 Å². The molecule has 1 aliphatic heterocycles. The zero-order chi connectivity index (χ0) is 26.2. The summed E-state index contributed by atoms with van der Waals surface area (Å²) in [5.41, 5.74) is 4.37. The molecule has 10 heteroatoms. The third-order valence-electron chi connectivity index (χ3n) is 7.11. The summed E-state index contributed by atoms with van der Waals surface area (Å²) >= 11 is 0. The number of nitrogens with one attached hydrogen (secondary N) is 2. The predicted molar refractivity (Wildman–Crippen MR) is 145 cm³/mol. The maximum Gasteiger partial charge on any atom is 0.161 e. The molecule has 0 radical (unpaired) electrons. The Labute approximate surface area is 218 Å². The van der Waals surface area contributed by atoms with Crippen LogP contribution >= 0.6 is 0 Å². The summed E-state index contributed by atoms with van der Waals surface area (Å²) < 4.78 is 29.2. The first kappa shape index (κ1) is 24.3. The molecule has 0 atom stereocenters. The van der Waals surface area contributed by atoms with Crippen molar-refractivity contribution in [2.45, 2.75) is 13.0 Å². The number of halogens is 2. The normalized spacial score (nSPS) is 14.6. The van der Waals surface area contributed by atoms with E-state index in [4.69, 9.17) is 5.10 Å². The largest absolute Gasteiger partial charge is 0.394 e. The molecule has 0 spiro atoms. The number of likely N-dealkylation sites (N-methyl/N-ethyl adjacent to an activating group) is 1. The van der Waals surface area contributed by atoms with Crippen molar-refractivity contribution < 1.29 is 13.9 Å². The number of aromatic amines is 1. The number of anilines is 3. The lowest BCUT2D eigenvalue weighted by Gasteiger charge is -2.34. The first-order valence-corrected chi connectivity index (χ1v) is 12.7. The second-order valence-corrected chi connectivity index (χ2v) is 9.82. The molecular formula is C28H29F2N7O. The summed E-state index contributed by atoms with van der Waals surface area (Å²) in [6.07, 6.45) is 0.387. The van der Waals surface area contributed by atoms with E-state index in [0.717, 1.165) is 65.3 Å². The second-order valence-electron chi connectivity index (χ2n) is 9.82. The fraction of sp³-hybridized carbons (Fsp3) is 0.286. The van der Waals surface area contributed by atoms with E-state index < -0.39 is 11.6 Å². The van der Waals surface area contributed by atoms with E-state index in [2.05, 4.69) is 50.6 Å². The highest BCUT2D eigenvalue weighted by molar-refractivity contribution is 5.98. The van der Waals surface area contributed by atoms with Crippen LogP contribution in [-0.2, 0) is 13.0 Å². The Bertz CT molecular complexity index is 1580. The quantitative estimate of drug-likeness (QED) is 0.299. The Hall–Kier alpha value is -4.02. The zero-order valence-corrected chi connectivity index (χ0v) is 21.1. The Balaban J connectivity index is 1.31. The number of aliphatic hydroxyl groups is 1. The van der Waals surface area contributed by atoms with E-state index in [9.17, 15) is 13.9 Å². The molecule has 2 aromatic heterocycles. The van der Waals surface area contributed by atoms with E-state index >= 15 is 0 Å². The first-order valence-electron chi connectivity index (χ1n) is 12.7. The Morgan fingerprint density at radius 3 is 2.45 bits per heavy atom. The van der Waals surface area contributed by atoms with Gasteiger partial charge < -0.3 is 20.2 Å². The number of H-pyrrole nitrogens is 1. The molecule has 8 nitrogen and oxygen atoms in total. The Morgan fingerprint density at radius 1 is 0.895 bits per heavy atom. The minimum absolute atomic E-state index is 0.0235. The number of benzene rings is 3. The third-order valence-corrected chi connectivity index (χ3v) is 7.11. The highest BCUT2D eigenvalue weighted by atomic mass is 19.1. The average molecular weight is 518 g/mol. The average Bonchev–Trinajstić information content (AvgIpc) is 3.45. The SMILES string of the molecule is CN1CCN(c2ccc3c(Nc4n[nH]c5ccc(Cc6cc(F)cc(F)c6)cc45)nn(CCO)c3c2)CC1. The number of fused-ring (bicyclic) bond motifs is 2. The topological polar surface area (TPSA) is 85.2 Å². The number of aromatic nitrogens is 4. The zero-order valence-electron chi connectivity index (χ0n) is 21.1. The summed E-state index contributed by atoms with van der Waals surface area (Å²) in [5, 5.41) is 27.0. The first-order chi connectivity index (χ1) is 18.5. The third kappa shape index (κ3) is 4.80. The predicted octanol–water partition coefficient (Wildman–Crippen LogP) is 4.27. The van der Waals surface area contributed by atoms with Gasteiger partial charge in [-0.3, -0.25) is 9.78 Å². The summed E-state index contributed by atoms with van der Waals surface area (Å²) in [7, 11) is 2.14. The minimum atomic E-state index is -0.590. The van der Waals surface area contributed by atoms with Gasteiger partial charge in [-0.05, 0) is 67.1 Å². The van der Waals surface area contributed by atoms with Crippen LogP contribution in [0.25, 0.3) is 21.8 Å². The lowest BCUT2D eigenvalue weighted by atomic mass is 10.0. The van der Waals surface area contributed by atoms with Gasteiger partial charge in [0.1, 0.15) is 11.6 Å². The van der Waals surface area contributed by atoms with Crippen molar-refractivity contribution in [1.29, 1.82) is 0 Å². The standard InChI is InChI=1S/C28H29F2N7O/c1-35-6-8-36(9-7-35)22-3-4-23-26(17-22)37(10-11-38)34-28(23)31-27-24-15-18(2-5-25(24)32-33-27)12-19-13-20(29)16-21(30)14-19/h2-5,13-17,38H,6-12H2,1H3,(H2,31,32,33,34). The van der Waals surface area contributed by atoms with Crippen LogP contribution in [0.1, 0.15) is 11.1 Å². The van der Waals surface area contributed by atoms with Crippen molar-refractivity contribution in [3.05, 3.63) is 77.4 Å². The molecule has 5 aromatic rings. The van der Waals surface area contributed by atoms with Gasteiger partial charge in [0.05, 0.1) is 24.2 Å². The summed E-state index contributed by atoms with van der Waals surface area (Å²) in [6, 6.07) is 15.7.